The molecule has 1 saturated carbocycles. The average Bonchev–Trinajstić information content (AvgIpc) is 3.52. The molecule has 6 rings (SSSR count). The van der Waals surface area contributed by atoms with Gasteiger partial charge in [0.2, 0.25) is 0 Å². The molecule has 0 radical (unpaired) electrons. The number of hydrogen-bond donors (Lipinski definition) is 0. The Hall–Kier alpha value is -4.03. The van der Waals surface area contributed by atoms with Crippen molar-refractivity contribution in [2.75, 3.05) is 6.61 Å². The maximum absolute atomic E-state index is 12.4. The summed E-state index contributed by atoms with van der Waals surface area (Å²) in [5.41, 5.74) is 7.61. The number of aryl methyl sites for hydroxylation is 2. The van der Waals surface area contributed by atoms with Crippen LogP contribution in [0.3, 0.4) is 0 Å². The number of thiazole rings is 1. The molecule has 1 fully saturated rings. The summed E-state index contributed by atoms with van der Waals surface area (Å²) in [4.78, 5) is 18.4. The first-order chi connectivity index (χ1) is 19.1. The second kappa shape index (κ2) is 10.6. The standard InChI is InChI=1S/C33H31N3O2S/c1-3-38-32(37)33(19-20-33)27-15-13-24(14-16-27)23-9-11-25(12-10-23)29-22-35-36(2)30(29)18-17-28-21-34-31(39-28)26-7-5-4-6-8-26/h4-16,21-22H,3,17-20H2,1-2H3. The normalized spacial score (nSPS) is 13.8. The first kappa shape index (κ1) is 25.3. The number of carbonyl (C=O) groups excluding carboxylic acids is 1. The molecular weight excluding hydrogens is 502 g/mol. The van der Waals surface area contributed by atoms with Crippen LogP contribution in [0.1, 0.15) is 35.9 Å². The van der Waals surface area contributed by atoms with Gasteiger partial charge in [0.05, 0.1) is 18.2 Å². The van der Waals surface area contributed by atoms with E-state index in [0.717, 1.165) is 64.1 Å². The third kappa shape index (κ3) is 5.04. The van der Waals surface area contributed by atoms with Crippen molar-refractivity contribution in [1.82, 2.24) is 14.8 Å². The van der Waals surface area contributed by atoms with E-state index < -0.39 is 5.41 Å². The Kier molecular flexibility index (Phi) is 6.88. The number of ether oxygens (including phenoxy) is 1. The molecule has 1 aliphatic rings. The van der Waals surface area contributed by atoms with Crippen molar-refractivity contribution in [3.63, 3.8) is 0 Å². The Morgan fingerprint density at radius 1 is 0.872 bits per heavy atom. The van der Waals surface area contributed by atoms with Crippen LogP contribution >= 0.6 is 11.3 Å². The summed E-state index contributed by atoms with van der Waals surface area (Å²) < 4.78 is 7.30. The Morgan fingerprint density at radius 3 is 2.21 bits per heavy atom. The quantitative estimate of drug-likeness (QED) is 0.187. The summed E-state index contributed by atoms with van der Waals surface area (Å²) in [6.45, 7) is 2.28. The maximum Gasteiger partial charge on any atom is 0.316 e. The van der Waals surface area contributed by atoms with E-state index in [-0.39, 0.29) is 5.97 Å². The van der Waals surface area contributed by atoms with Crippen LogP contribution in [0.15, 0.2) is 91.3 Å². The molecule has 0 amide bonds. The molecule has 5 aromatic rings. The molecule has 0 aliphatic heterocycles. The zero-order valence-electron chi connectivity index (χ0n) is 22.3. The van der Waals surface area contributed by atoms with E-state index in [1.54, 1.807) is 11.3 Å². The average molecular weight is 534 g/mol. The van der Waals surface area contributed by atoms with Crippen LogP contribution < -0.4 is 0 Å². The Bertz CT molecular complexity index is 1580. The lowest BCUT2D eigenvalue weighted by atomic mass is 9.93. The molecule has 2 heterocycles. The number of aromatic nitrogens is 3. The predicted octanol–water partition coefficient (Wildman–Crippen LogP) is 7.26. The smallest absolute Gasteiger partial charge is 0.316 e. The summed E-state index contributed by atoms with van der Waals surface area (Å²) in [6.07, 6.45) is 7.52. The summed E-state index contributed by atoms with van der Waals surface area (Å²) >= 11 is 1.76. The molecule has 0 unspecified atom stereocenters. The summed E-state index contributed by atoms with van der Waals surface area (Å²) in [5.74, 6) is -0.0960. The second-order valence-corrected chi connectivity index (χ2v) is 11.2. The lowest BCUT2D eigenvalue weighted by Gasteiger charge is -2.14. The van der Waals surface area contributed by atoms with Crippen LogP contribution in [0.2, 0.25) is 0 Å². The fourth-order valence-electron chi connectivity index (χ4n) is 5.21. The van der Waals surface area contributed by atoms with E-state index in [9.17, 15) is 4.79 Å². The molecule has 0 atom stereocenters. The van der Waals surface area contributed by atoms with Crippen LogP contribution in [0.5, 0.6) is 0 Å². The molecule has 3 aromatic carbocycles. The van der Waals surface area contributed by atoms with E-state index in [2.05, 4.69) is 70.7 Å². The molecule has 196 valence electrons. The lowest BCUT2D eigenvalue weighted by Crippen LogP contribution is -2.23. The van der Waals surface area contributed by atoms with E-state index in [0.29, 0.717) is 6.61 Å². The predicted molar refractivity (Wildman–Crippen MR) is 157 cm³/mol. The maximum atomic E-state index is 12.4. The molecule has 0 bridgehead atoms. The van der Waals surface area contributed by atoms with Gasteiger partial charge in [-0.15, -0.1) is 11.3 Å². The van der Waals surface area contributed by atoms with E-state index in [4.69, 9.17) is 4.74 Å². The van der Waals surface area contributed by atoms with Gasteiger partial charge in [0.1, 0.15) is 5.01 Å². The third-order valence-corrected chi connectivity index (χ3v) is 8.73. The van der Waals surface area contributed by atoms with Crippen molar-refractivity contribution in [2.45, 2.75) is 38.0 Å². The van der Waals surface area contributed by atoms with Crippen molar-refractivity contribution in [1.29, 1.82) is 0 Å². The number of nitrogens with zero attached hydrogens (tertiary/aromatic N) is 3. The number of esters is 1. The summed E-state index contributed by atoms with van der Waals surface area (Å²) in [5, 5.41) is 5.63. The molecule has 0 saturated heterocycles. The van der Waals surface area contributed by atoms with Gasteiger partial charge in [-0.1, -0.05) is 78.9 Å². The minimum Gasteiger partial charge on any atom is -0.465 e. The number of carbonyl (C=O) groups is 1. The fraction of sp³-hybridized carbons (Fsp3) is 0.242. The Morgan fingerprint density at radius 2 is 1.54 bits per heavy atom. The van der Waals surface area contributed by atoms with E-state index >= 15 is 0 Å². The van der Waals surface area contributed by atoms with Gasteiger partial charge in [-0.05, 0) is 54.9 Å². The van der Waals surface area contributed by atoms with Gasteiger partial charge >= 0.3 is 5.97 Å². The van der Waals surface area contributed by atoms with Crippen molar-refractivity contribution >= 4 is 17.3 Å². The molecule has 39 heavy (non-hydrogen) atoms. The molecule has 0 spiro atoms. The minimum atomic E-state index is -0.433. The second-order valence-electron chi connectivity index (χ2n) is 10.1. The first-order valence-electron chi connectivity index (χ1n) is 13.5. The zero-order valence-corrected chi connectivity index (χ0v) is 23.1. The van der Waals surface area contributed by atoms with E-state index in [1.165, 1.54) is 10.6 Å². The monoisotopic (exact) mass is 533 g/mol. The molecule has 0 N–H and O–H groups in total. The molecule has 6 heteroatoms. The Labute approximate surface area is 233 Å². The van der Waals surface area contributed by atoms with Gasteiger partial charge in [-0.2, -0.15) is 5.10 Å². The topological polar surface area (TPSA) is 57.0 Å². The van der Waals surface area contributed by atoms with Crippen molar-refractivity contribution in [2.24, 2.45) is 7.05 Å². The summed E-state index contributed by atoms with van der Waals surface area (Å²) in [6, 6.07) is 27.4. The van der Waals surface area contributed by atoms with Crippen LogP contribution in [0, 0.1) is 0 Å². The van der Waals surface area contributed by atoms with Crippen LogP contribution in [-0.4, -0.2) is 27.3 Å². The van der Waals surface area contributed by atoms with Crippen molar-refractivity contribution < 1.29 is 9.53 Å². The molecule has 5 nitrogen and oxygen atoms in total. The molecule has 1 aliphatic carbocycles. The number of hydrogen-bond acceptors (Lipinski definition) is 5. The largest absolute Gasteiger partial charge is 0.465 e. The van der Waals surface area contributed by atoms with Crippen molar-refractivity contribution in [3.05, 3.63) is 107 Å². The minimum absolute atomic E-state index is 0.0960. The molecule has 2 aromatic heterocycles. The van der Waals surface area contributed by atoms with Gasteiger partial charge in [-0.3, -0.25) is 9.48 Å². The highest BCUT2D eigenvalue weighted by Crippen LogP contribution is 2.49. The van der Waals surface area contributed by atoms with Gasteiger partial charge < -0.3 is 4.74 Å². The highest BCUT2D eigenvalue weighted by molar-refractivity contribution is 7.15. The van der Waals surface area contributed by atoms with Gasteiger partial charge in [0.25, 0.3) is 0 Å². The summed E-state index contributed by atoms with van der Waals surface area (Å²) in [7, 11) is 2.01. The fourth-order valence-corrected chi connectivity index (χ4v) is 6.13. The van der Waals surface area contributed by atoms with Crippen LogP contribution in [0.4, 0.5) is 0 Å². The zero-order chi connectivity index (χ0) is 26.8. The number of rotatable bonds is 9. The van der Waals surface area contributed by atoms with Crippen molar-refractivity contribution in [3.8, 4) is 32.8 Å². The number of benzene rings is 3. The molecular formula is C33H31N3O2S. The van der Waals surface area contributed by atoms with Crippen LogP contribution in [0.25, 0.3) is 32.8 Å². The van der Waals surface area contributed by atoms with Gasteiger partial charge in [0.15, 0.2) is 0 Å². The van der Waals surface area contributed by atoms with Gasteiger partial charge in [0, 0.05) is 34.9 Å². The highest BCUT2D eigenvalue weighted by Gasteiger charge is 2.52. The SMILES string of the molecule is CCOC(=O)C1(c2ccc(-c3ccc(-c4cnn(C)c4CCc4cnc(-c5ccccc5)s4)cc3)cc2)CC1. The lowest BCUT2D eigenvalue weighted by molar-refractivity contribution is -0.146. The van der Waals surface area contributed by atoms with Crippen LogP contribution in [-0.2, 0) is 34.8 Å². The highest BCUT2D eigenvalue weighted by atomic mass is 32.1. The first-order valence-corrected chi connectivity index (χ1v) is 14.3. The third-order valence-electron chi connectivity index (χ3n) is 7.63. The Balaban J connectivity index is 1.16. The van der Waals surface area contributed by atoms with E-state index in [1.807, 2.05) is 49.2 Å². The van der Waals surface area contributed by atoms with Gasteiger partial charge in [-0.25, -0.2) is 4.98 Å².